The van der Waals surface area contributed by atoms with Crippen LogP contribution in [-0.4, -0.2) is 13.2 Å². The maximum Gasteiger partial charge on any atom is 0.119 e. The minimum atomic E-state index is 0.699. The van der Waals surface area contributed by atoms with Gasteiger partial charge in [-0.2, -0.15) is 20.5 Å². The van der Waals surface area contributed by atoms with E-state index in [1.165, 1.54) is 11.1 Å². The molecule has 6 nitrogen and oxygen atoms in total. The van der Waals surface area contributed by atoms with E-state index in [1.54, 1.807) is 0 Å². The van der Waals surface area contributed by atoms with Gasteiger partial charge in [0.15, 0.2) is 0 Å². The normalized spacial score (nSPS) is 11.4. The molecule has 0 unspecified atom stereocenters. The zero-order chi connectivity index (χ0) is 29.2. The van der Waals surface area contributed by atoms with E-state index < -0.39 is 0 Å². The van der Waals surface area contributed by atoms with Crippen molar-refractivity contribution in [2.45, 2.75) is 65.2 Å². The maximum atomic E-state index is 5.89. The van der Waals surface area contributed by atoms with Crippen molar-refractivity contribution in [3.63, 3.8) is 0 Å². The number of ether oxygens (including phenoxy) is 2. The van der Waals surface area contributed by atoms with Gasteiger partial charge >= 0.3 is 0 Å². The first-order valence-corrected chi connectivity index (χ1v) is 15.2. The predicted molar refractivity (Wildman–Crippen MR) is 172 cm³/mol. The van der Waals surface area contributed by atoms with E-state index in [2.05, 4.69) is 58.6 Å². The lowest BCUT2D eigenvalue weighted by Crippen LogP contribution is -1.99. The molecular weight excluding hydrogens is 520 g/mol. The van der Waals surface area contributed by atoms with Gasteiger partial charge in [0.25, 0.3) is 0 Å². The molecule has 0 bridgehead atoms. The molecule has 0 aromatic heterocycles. The van der Waals surface area contributed by atoms with Crippen LogP contribution >= 0.6 is 0 Å². The summed E-state index contributed by atoms with van der Waals surface area (Å²) in [5.41, 5.74) is 6.01. The number of nitrogens with zero attached hydrogens (tertiary/aromatic N) is 4. The van der Waals surface area contributed by atoms with Crippen LogP contribution in [0.1, 0.15) is 63.5 Å². The molecule has 6 heteroatoms. The van der Waals surface area contributed by atoms with E-state index in [4.69, 9.17) is 9.47 Å². The van der Waals surface area contributed by atoms with Crippen molar-refractivity contribution in [2.24, 2.45) is 20.5 Å². The number of azo groups is 2. The summed E-state index contributed by atoms with van der Waals surface area (Å²) in [6.45, 7) is 5.77. The highest BCUT2D eigenvalue weighted by molar-refractivity contribution is 5.44. The number of hydrogen-bond acceptors (Lipinski definition) is 6. The molecule has 0 spiro atoms. The number of unbranched alkanes of at least 4 members (excludes halogenated alkanes) is 3. The molecule has 0 amide bonds. The molecule has 0 radical (unpaired) electrons. The molecule has 0 saturated carbocycles. The fourth-order valence-corrected chi connectivity index (χ4v) is 4.42. The van der Waals surface area contributed by atoms with Crippen molar-refractivity contribution < 1.29 is 9.47 Å². The van der Waals surface area contributed by atoms with Crippen LogP contribution in [0.2, 0.25) is 0 Å². The molecular formula is C36H42N4O2. The molecule has 0 atom stereocenters. The zero-order valence-corrected chi connectivity index (χ0v) is 24.9. The first-order chi connectivity index (χ1) is 20.7. The molecule has 218 valence electrons. The van der Waals surface area contributed by atoms with Gasteiger partial charge in [0, 0.05) is 0 Å². The van der Waals surface area contributed by atoms with Crippen molar-refractivity contribution in [1.29, 1.82) is 0 Å². The highest BCUT2D eigenvalue weighted by Gasteiger charge is 1.99. The van der Waals surface area contributed by atoms with Crippen LogP contribution in [0.3, 0.4) is 0 Å². The SMILES string of the molecule is CCCc1ccc(N=Nc2ccc(OCCCCCCOc3ccc(N=Nc4ccc(CCC)cc4)cc3)cc2)cc1. The third-order valence-electron chi connectivity index (χ3n) is 6.76. The van der Waals surface area contributed by atoms with Gasteiger partial charge in [-0.15, -0.1) is 0 Å². The highest BCUT2D eigenvalue weighted by Crippen LogP contribution is 2.24. The van der Waals surface area contributed by atoms with E-state index in [1.807, 2.05) is 72.8 Å². The number of rotatable bonds is 17. The lowest BCUT2D eigenvalue weighted by Gasteiger charge is -2.07. The summed E-state index contributed by atoms with van der Waals surface area (Å²) in [7, 11) is 0. The Kier molecular flexibility index (Phi) is 12.8. The van der Waals surface area contributed by atoms with Gasteiger partial charge < -0.3 is 9.47 Å². The summed E-state index contributed by atoms with van der Waals surface area (Å²) < 4.78 is 11.8. The number of aryl methyl sites for hydroxylation is 2. The first kappa shape index (κ1) is 30.6. The zero-order valence-electron chi connectivity index (χ0n) is 24.9. The Balaban J connectivity index is 1.05. The van der Waals surface area contributed by atoms with Crippen LogP contribution in [-0.2, 0) is 12.8 Å². The van der Waals surface area contributed by atoms with E-state index in [-0.39, 0.29) is 0 Å². The highest BCUT2D eigenvalue weighted by atomic mass is 16.5. The van der Waals surface area contributed by atoms with E-state index in [0.717, 1.165) is 85.6 Å². The summed E-state index contributed by atoms with van der Waals surface area (Å²) in [5.74, 6) is 1.71. The summed E-state index contributed by atoms with van der Waals surface area (Å²) in [6.07, 6.45) is 8.70. The van der Waals surface area contributed by atoms with Crippen LogP contribution in [0.25, 0.3) is 0 Å². The Morgan fingerprint density at radius 3 is 1.02 bits per heavy atom. The summed E-state index contributed by atoms with van der Waals surface area (Å²) >= 11 is 0. The molecule has 4 aromatic rings. The molecule has 0 N–H and O–H groups in total. The van der Waals surface area contributed by atoms with Crippen LogP contribution < -0.4 is 9.47 Å². The number of benzene rings is 4. The Hall–Kier alpha value is -4.32. The van der Waals surface area contributed by atoms with Crippen molar-refractivity contribution in [2.75, 3.05) is 13.2 Å². The van der Waals surface area contributed by atoms with Gasteiger partial charge in [-0.1, -0.05) is 51.0 Å². The standard InChI is InChI=1S/C36H42N4O2/c1-3-9-29-11-15-31(16-12-29)37-39-33-19-23-35(24-20-33)41-27-7-5-6-8-28-42-36-25-21-34(22-26-36)40-38-32-17-13-30(10-4-2)14-18-32/h11-26H,3-10,27-28H2,1-2H3. The molecule has 0 aliphatic heterocycles. The van der Waals surface area contributed by atoms with Gasteiger partial charge in [0.2, 0.25) is 0 Å². The molecule has 0 fully saturated rings. The van der Waals surface area contributed by atoms with Gasteiger partial charge in [0.05, 0.1) is 36.0 Å². The summed E-state index contributed by atoms with van der Waals surface area (Å²) in [5, 5.41) is 17.3. The van der Waals surface area contributed by atoms with Crippen LogP contribution in [0.4, 0.5) is 22.7 Å². The molecule has 0 aliphatic rings. The van der Waals surface area contributed by atoms with Gasteiger partial charge in [-0.05, 0) is 122 Å². The Morgan fingerprint density at radius 2 is 0.714 bits per heavy atom. The third kappa shape index (κ3) is 10.9. The molecule has 0 aliphatic carbocycles. The van der Waals surface area contributed by atoms with Gasteiger partial charge in [0.1, 0.15) is 11.5 Å². The minimum Gasteiger partial charge on any atom is -0.494 e. The van der Waals surface area contributed by atoms with Crippen molar-refractivity contribution in [3.8, 4) is 11.5 Å². The smallest absolute Gasteiger partial charge is 0.119 e. The van der Waals surface area contributed by atoms with Gasteiger partial charge in [-0.3, -0.25) is 0 Å². The monoisotopic (exact) mass is 562 g/mol. The van der Waals surface area contributed by atoms with Crippen molar-refractivity contribution >= 4 is 22.7 Å². The second kappa shape index (κ2) is 17.5. The lowest BCUT2D eigenvalue weighted by molar-refractivity contribution is 0.287. The largest absolute Gasteiger partial charge is 0.494 e. The fraction of sp³-hybridized carbons (Fsp3) is 0.333. The fourth-order valence-electron chi connectivity index (χ4n) is 4.42. The molecule has 0 heterocycles. The quantitative estimate of drug-likeness (QED) is 0.0948. The maximum absolute atomic E-state index is 5.89. The molecule has 4 aromatic carbocycles. The minimum absolute atomic E-state index is 0.699. The average Bonchev–Trinajstić information content (AvgIpc) is 3.03. The summed E-state index contributed by atoms with van der Waals surface area (Å²) in [6, 6.07) is 32.0. The van der Waals surface area contributed by atoms with Crippen LogP contribution in [0.15, 0.2) is 118 Å². The Labute approximate surface area is 250 Å². The second-order valence-corrected chi connectivity index (χ2v) is 10.3. The number of hydrogen-bond donors (Lipinski definition) is 0. The van der Waals surface area contributed by atoms with E-state index >= 15 is 0 Å². The van der Waals surface area contributed by atoms with Crippen molar-refractivity contribution in [1.82, 2.24) is 0 Å². The molecule has 0 saturated heterocycles. The third-order valence-corrected chi connectivity index (χ3v) is 6.76. The summed E-state index contributed by atoms with van der Waals surface area (Å²) in [4.78, 5) is 0. The Bertz CT molecular complexity index is 1260. The Morgan fingerprint density at radius 1 is 0.405 bits per heavy atom. The second-order valence-electron chi connectivity index (χ2n) is 10.3. The topological polar surface area (TPSA) is 67.9 Å². The van der Waals surface area contributed by atoms with Crippen LogP contribution in [0, 0.1) is 0 Å². The van der Waals surface area contributed by atoms with E-state index in [0.29, 0.717) is 13.2 Å². The van der Waals surface area contributed by atoms with Crippen LogP contribution in [0.5, 0.6) is 11.5 Å². The predicted octanol–water partition coefficient (Wildman–Crippen LogP) is 11.4. The first-order valence-electron chi connectivity index (χ1n) is 15.2. The van der Waals surface area contributed by atoms with Crippen molar-refractivity contribution in [3.05, 3.63) is 108 Å². The lowest BCUT2D eigenvalue weighted by atomic mass is 10.1. The van der Waals surface area contributed by atoms with E-state index in [9.17, 15) is 0 Å². The molecule has 4 rings (SSSR count). The van der Waals surface area contributed by atoms with Gasteiger partial charge in [-0.25, -0.2) is 0 Å². The molecule has 42 heavy (non-hydrogen) atoms. The average molecular weight is 563 g/mol.